The van der Waals surface area contributed by atoms with Gasteiger partial charge in [-0.3, -0.25) is 4.57 Å². The van der Waals surface area contributed by atoms with Crippen LogP contribution in [0.2, 0.25) is 0 Å². The number of hydrogen-bond acceptors (Lipinski definition) is 2. The molecule has 0 unspecified atom stereocenters. The van der Waals surface area contributed by atoms with Crippen LogP contribution in [0.5, 0.6) is 0 Å². The summed E-state index contributed by atoms with van der Waals surface area (Å²) in [5, 5.41) is 3.19. The van der Waals surface area contributed by atoms with Gasteiger partial charge in [0.25, 0.3) is 0 Å². The molecule has 1 aliphatic rings. The van der Waals surface area contributed by atoms with Gasteiger partial charge in [0.15, 0.2) is 0 Å². The molecule has 2 heterocycles. The number of halogens is 2. The Kier molecular flexibility index (Phi) is 2.40. The van der Waals surface area contributed by atoms with Crippen LogP contribution in [0.4, 0.5) is 8.78 Å². The van der Waals surface area contributed by atoms with E-state index in [-0.39, 0.29) is 5.69 Å². The molecular weight excluding hydrogens is 224 g/mol. The molecule has 1 aromatic carbocycles. The van der Waals surface area contributed by atoms with Crippen molar-refractivity contribution in [3.8, 4) is 5.69 Å². The van der Waals surface area contributed by atoms with Crippen molar-refractivity contribution in [3.05, 3.63) is 47.5 Å². The molecule has 1 aliphatic heterocycles. The first-order chi connectivity index (χ1) is 8.25. The summed E-state index contributed by atoms with van der Waals surface area (Å²) in [6, 6.07) is 3.45. The van der Waals surface area contributed by atoms with Gasteiger partial charge in [-0.25, -0.2) is 13.8 Å². The van der Waals surface area contributed by atoms with Gasteiger partial charge >= 0.3 is 0 Å². The molecule has 88 valence electrons. The quantitative estimate of drug-likeness (QED) is 0.816. The highest BCUT2D eigenvalue weighted by atomic mass is 19.1. The highest BCUT2D eigenvalue weighted by Gasteiger charge is 2.17. The summed E-state index contributed by atoms with van der Waals surface area (Å²) in [7, 11) is 0. The molecule has 0 aliphatic carbocycles. The minimum Gasteiger partial charge on any atom is -0.311 e. The number of imidazole rings is 1. The van der Waals surface area contributed by atoms with Crippen LogP contribution < -0.4 is 5.32 Å². The van der Waals surface area contributed by atoms with Crippen LogP contribution in [0, 0.1) is 11.6 Å². The molecule has 0 saturated heterocycles. The van der Waals surface area contributed by atoms with Gasteiger partial charge in [-0.2, -0.15) is 0 Å². The van der Waals surface area contributed by atoms with Gasteiger partial charge in [-0.05, 0) is 12.1 Å². The number of nitrogens with one attached hydrogen (secondary N) is 1. The van der Waals surface area contributed by atoms with E-state index >= 15 is 0 Å². The van der Waals surface area contributed by atoms with Crippen LogP contribution in [-0.2, 0) is 13.0 Å². The summed E-state index contributed by atoms with van der Waals surface area (Å²) >= 11 is 0. The molecule has 0 spiro atoms. The zero-order chi connectivity index (χ0) is 11.8. The Labute approximate surface area is 97.1 Å². The Bertz CT molecular complexity index is 563. The van der Waals surface area contributed by atoms with Gasteiger partial charge in [0.1, 0.15) is 11.6 Å². The molecule has 0 saturated carbocycles. The minimum atomic E-state index is -0.446. The third kappa shape index (κ3) is 1.72. The number of rotatable bonds is 1. The van der Waals surface area contributed by atoms with Crippen molar-refractivity contribution in [2.45, 2.75) is 13.0 Å². The van der Waals surface area contributed by atoms with Gasteiger partial charge in [0.2, 0.25) is 0 Å². The van der Waals surface area contributed by atoms with Crippen LogP contribution in [0.1, 0.15) is 11.4 Å². The lowest BCUT2D eigenvalue weighted by atomic mass is 10.1. The zero-order valence-electron chi connectivity index (χ0n) is 9.08. The van der Waals surface area contributed by atoms with Crippen LogP contribution in [-0.4, -0.2) is 16.1 Å². The predicted molar refractivity (Wildman–Crippen MR) is 58.9 cm³/mol. The predicted octanol–water partition coefficient (Wildman–Crippen LogP) is 1.80. The average Bonchev–Trinajstić information content (AvgIpc) is 2.76. The van der Waals surface area contributed by atoms with Crippen molar-refractivity contribution in [1.82, 2.24) is 14.9 Å². The van der Waals surface area contributed by atoms with E-state index in [1.54, 1.807) is 10.9 Å². The Morgan fingerprint density at radius 2 is 2.18 bits per heavy atom. The number of benzene rings is 1. The van der Waals surface area contributed by atoms with Crippen LogP contribution in [0.15, 0.2) is 24.5 Å². The van der Waals surface area contributed by atoms with Crippen molar-refractivity contribution in [1.29, 1.82) is 0 Å². The molecule has 0 fully saturated rings. The van der Waals surface area contributed by atoms with Crippen molar-refractivity contribution in [2.24, 2.45) is 0 Å². The van der Waals surface area contributed by atoms with E-state index in [9.17, 15) is 8.78 Å². The van der Waals surface area contributed by atoms with E-state index in [0.717, 1.165) is 36.5 Å². The first-order valence-corrected chi connectivity index (χ1v) is 5.47. The van der Waals surface area contributed by atoms with Crippen LogP contribution in [0.25, 0.3) is 5.69 Å². The zero-order valence-corrected chi connectivity index (χ0v) is 9.08. The maximum Gasteiger partial charge on any atom is 0.147 e. The summed E-state index contributed by atoms with van der Waals surface area (Å²) in [6.07, 6.45) is 2.32. The Hall–Kier alpha value is -1.75. The molecule has 3 nitrogen and oxygen atoms in total. The molecule has 0 amide bonds. The van der Waals surface area contributed by atoms with Crippen LogP contribution >= 0.6 is 0 Å². The second kappa shape index (κ2) is 3.92. The molecule has 2 aromatic rings. The van der Waals surface area contributed by atoms with Crippen LogP contribution in [0.3, 0.4) is 0 Å². The standard InChI is InChI=1S/C12H11F2N3/c13-8-1-2-9(14)12(5-8)17-7-16-10-6-15-4-3-11(10)17/h1-2,5,7,15H,3-4,6H2. The van der Waals surface area contributed by atoms with Gasteiger partial charge in [-0.15, -0.1) is 0 Å². The SMILES string of the molecule is Fc1ccc(F)c(-n2cnc3c2CCNC3)c1. The number of aromatic nitrogens is 2. The summed E-state index contributed by atoms with van der Waals surface area (Å²) < 4.78 is 28.5. The van der Waals surface area contributed by atoms with Gasteiger partial charge in [0.05, 0.1) is 17.7 Å². The lowest BCUT2D eigenvalue weighted by Gasteiger charge is -2.15. The van der Waals surface area contributed by atoms with Gasteiger partial charge in [0, 0.05) is 31.3 Å². The van der Waals surface area contributed by atoms with E-state index in [1.807, 2.05) is 0 Å². The topological polar surface area (TPSA) is 29.9 Å². The van der Waals surface area contributed by atoms with E-state index in [1.165, 1.54) is 6.07 Å². The Balaban J connectivity index is 2.15. The van der Waals surface area contributed by atoms with Crippen molar-refractivity contribution in [3.63, 3.8) is 0 Å². The maximum atomic E-state index is 13.7. The fraction of sp³-hybridized carbons (Fsp3) is 0.250. The van der Waals surface area contributed by atoms with E-state index in [4.69, 9.17) is 0 Å². The fourth-order valence-electron chi connectivity index (χ4n) is 2.11. The molecule has 1 N–H and O–H groups in total. The molecule has 0 bridgehead atoms. The molecular formula is C12H11F2N3. The lowest BCUT2D eigenvalue weighted by Crippen LogP contribution is -2.24. The number of hydrogen-bond donors (Lipinski definition) is 1. The van der Waals surface area contributed by atoms with E-state index in [2.05, 4.69) is 10.3 Å². The minimum absolute atomic E-state index is 0.223. The second-order valence-electron chi connectivity index (χ2n) is 4.03. The van der Waals surface area contributed by atoms with E-state index < -0.39 is 11.6 Å². The Morgan fingerprint density at radius 1 is 1.29 bits per heavy atom. The van der Waals surface area contributed by atoms with Crippen molar-refractivity contribution >= 4 is 0 Å². The normalized spacial score (nSPS) is 14.7. The molecule has 5 heteroatoms. The van der Waals surface area contributed by atoms with Crippen molar-refractivity contribution < 1.29 is 8.78 Å². The maximum absolute atomic E-state index is 13.7. The third-order valence-corrected chi connectivity index (χ3v) is 2.95. The van der Waals surface area contributed by atoms with Gasteiger partial charge in [-0.1, -0.05) is 0 Å². The first kappa shape index (κ1) is 10.4. The average molecular weight is 235 g/mol. The van der Waals surface area contributed by atoms with Crippen molar-refractivity contribution in [2.75, 3.05) is 6.54 Å². The summed E-state index contributed by atoms with van der Waals surface area (Å²) in [4.78, 5) is 4.22. The molecule has 0 atom stereocenters. The highest BCUT2D eigenvalue weighted by Crippen LogP contribution is 2.21. The molecule has 1 aromatic heterocycles. The molecule has 0 radical (unpaired) electrons. The Morgan fingerprint density at radius 3 is 3.06 bits per heavy atom. The second-order valence-corrected chi connectivity index (χ2v) is 4.03. The first-order valence-electron chi connectivity index (χ1n) is 5.47. The third-order valence-electron chi connectivity index (χ3n) is 2.95. The summed E-state index contributed by atoms with van der Waals surface area (Å²) in [6.45, 7) is 1.51. The van der Waals surface area contributed by atoms with Gasteiger partial charge < -0.3 is 5.32 Å². The molecule has 17 heavy (non-hydrogen) atoms. The summed E-state index contributed by atoms with van der Waals surface area (Å²) in [5.74, 6) is -0.886. The number of nitrogens with zero attached hydrogens (tertiary/aromatic N) is 2. The monoisotopic (exact) mass is 235 g/mol. The highest BCUT2D eigenvalue weighted by molar-refractivity contribution is 5.38. The smallest absolute Gasteiger partial charge is 0.147 e. The van der Waals surface area contributed by atoms with E-state index in [0.29, 0.717) is 6.54 Å². The fourth-order valence-corrected chi connectivity index (χ4v) is 2.11. The number of fused-ring (bicyclic) bond motifs is 1. The largest absolute Gasteiger partial charge is 0.311 e. The lowest BCUT2D eigenvalue weighted by molar-refractivity contribution is 0.584. The summed E-state index contributed by atoms with van der Waals surface area (Å²) in [5.41, 5.74) is 2.08. The molecule has 3 rings (SSSR count).